The number of carbonyl (C=O) groups is 1. The molecule has 0 aromatic rings. The lowest BCUT2D eigenvalue weighted by molar-refractivity contribution is -0.132. The lowest BCUT2D eigenvalue weighted by Gasteiger charge is -2.26. The Morgan fingerprint density at radius 1 is 1.24 bits per heavy atom. The number of nitrogens with one attached hydrogen (secondary N) is 1. The van der Waals surface area contributed by atoms with Gasteiger partial charge >= 0.3 is 0 Å². The van der Waals surface area contributed by atoms with Crippen molar-refractivity contribution >= 4 is 5.91 Å². The standard InChI is InChI=1S/C14H26N2O/c1-10-6-7-13(11(10)2)15-12(3)14(17)16-8-4-5-9-16/h10-13,15H,4-9H2,1-3H3. The molecule has 17 heavy (non-hydrogen) atoms. The molecule has 2 rings (SSSR count). The molecule has 1 N–H and O–H groups in total. The quantitative estimate of drug-likeness (QED) is 0.816. The monoisotopic (exact) mass is 238 g/mol. The highest BCUT2D eigenvalue weighted by Gasteiger charge is 2.32. The first-order chi connectivity index (χ1) is 8.09. The number of amides is 1. The largest absolute Gasteiger partial charge is 0.341 e. The summed E-state index contributed by atoms with van der Waals surface area (Å²) in [6, 6.07) is 0.525. The minimum absolute atomic E-state index is 0.00847. The zero-order chi connectivity index (χ0) is 12.4. The molecular weight excluding hydrogens is 212 g/mol. The number of hydrogen-bond donors (Lipinski definition) is 1. The van der Waals surface area contributed by atoms with Crippen LogP contribution in [0.25, 0.3) is 0 Å². The van der Waals surface area contributed by atoms with Gasteiger partial charge in [0, 0.05) is 19.1 Å². The van der Waals surface area contributed by atoms with Crippen molar-refractivity contribution in [1.29, 1.82) is 0 Å². The summed E-state index contributed by atoms with van der Waals surface area (Å²) >= 11 is 0. The molecule has 98 valence electrons. The SMILES string of the molecule is CC(NC1CCC(C)C1C)C(=O)N1CCCC1. The molecule has 0 bridgehead atoms. The number of carbonyl (C=O) groups excluding carboxylic acids is 1. The molecule has 0 spiro atoms. The molecule has 0 aromatic heterocycles. The number of likely N-dealkylation sites (tertiary alicyclic amines) is 1. The smallest absolute Gasteiger partial charge is 0.239 e. The van der Waals surface area contributed by atoms with Gasteiger partial charge in [0.05, 0.1) is 6.04 Å². The van der Waals surface area contributed by atoms with Gasteiger partial charge in [-0.1, -0.05) is 13.8 Å². The van der Waals surface area contributed by atoms with Crippen molar-refractivity contribution in [3.8, 4) is 0 Å². The van der Waals surface area contributed by atoms with E-state index in [0.29, 0.717) is 17.9 Å². The molecule has 0 aromatic carbocycles. The van der Waals surface area contributed by atoms with Gasteiger partial charge in [0.15, 0.2) is 0 Å². The Kier molecular flexibility index (Phi) is 4.08. The minimum Gasteiger partial charge on any atom is -0.341 e. The van der Waals surface area contributed by atoms with Gasteiger partial charge in [-0.25, -0.2) is 0 Å². The fraction of sp³-hybridized carbons (Fsp3) is 0.929. The average molecular weight is 238 g/mol. The maximum absolute atomic E-state index is 12.2. The summed E-state index contributed by atoms with van der Waals surface area (Å²) in [7, 11) is 0. The van der Waals surface area contributed by atoms with Crippen LogP contribution in [-0.4, -0.2) is 36.0 Å². The van der Waals surface area contributed by atoms with E-state index in [1.807, 2.05) is 11.8 Å². The Balaban J connectivity index is 1.84. The van der Waals surface area contributed by atoms with Crippen LogP contribution in [0.4, 0.5) is 0 Å². The van der Waals surface area contributed by atoms with E-state index in [1.54, 1.807) is 0 Å². The number of nitrogens with zero attached hydrogens (tertiary/aromatic N) is 1. The van der Waals surface area contributed by atoms with Crippen molar-refractivity contribution in [2.45, 2.75) is 58.5 Å². The lowest BCUT2D eigenvalue weighted by Crippen LogP contribution is -2.48. The molecule has 4 unspecified atom stereocenters. The van der Waals surface area contributed by atoms with Crippen LogP contribution < -0.4 is 5.32 Å². The summed E-state index contributed by atoms with van der Waals surface area (Å²) in [5.41, 5.74) is 0. The molecule has 0 radical (unpaired) electrons. The molecule has 4 atom stereocenters. The zero-order valence-corrected chi connectivity index (χ0v) is 11.4. The third-order valence-corrected chi connectivity index (χ3v) is 4.72. The molecule has 2 aliphatic rings. The van der Waals surface area contributed by atoms with E-state index in [1.165, 1.54) is 25.7 Å². The van der Waals surface area contributed by atoms with Gasteiger partial charge in [0.1, 0.15) is 0 Å². The molecule has 1 amide bonds. The van der Waals surface area contributed by atoms with Crippen LogP contribution in [0.1, 0.15) is 46.5 Å². The second kappa shape index (κ2) is 5.38. The minimum atomic E-state index is -0.00847. The molecule has 1 saturated heterocycles. The first-order valence-electron chi connectivity index (χ1n) is 7.14. The van der Waals surface area contributed by atoms with E-state index in [4.69, 9.17) is 0 Å². The van der Waals surface area contributed by atoms with E-state index in [9.17, 15) is 4.79 Å². The van der Waals surface area contributed by atoms with Crippen molar-refractivity contribution in [3.63, 3.8) is 0 Å². The highest BCUT2D eigenvalue weighted by Crippen LogP contribution is 2.31. The summed E-state index contributed by atoms with van der Waals surface area (Å²) in [6.45, 7) is 8.57. The predicted molar refractivity (Wildman–Crippen MR) is 69.8 cm³/mol. The fourth-order valence-corrected chi connectivity index (χ4v) is 3.20. The molecule has 2 fully saturated rings. The molecule has 1 aliphatic heterocycles. The molecule has 1 aliphatic carbocycles. The Morgan fingerprint density at radius 3 is 2.41 bits per heavy atom. The van der Waals surface area contributed by atoms with Crippen molar-refractivity contribution in [1.82, 2.24) is 10.2 Å². The van der Waals surface area contributed by atoms with Gasteiger partial charge in [-0.3, -0.25) is 4.79 Å². The molecule has 3 heteroatoms. The van der Waals surface area contributed by atoms with E-state index < -0.39 is 0 Å². The van der Waals surface area contributed by atoms with Crippen molar-refractivity contribution in [2.24, 2.45) is 11.8 Å². The summed E-state index contributed by atoms with van der Waals surface area (Å²) in [5.74, 6) is 1.79. The number of hydrogen-bond acceptors (Lipinski definition) is 2. The third-order valence-electron chi connectivity index (χ3n) is 4.72. The fourth-order valence-electron chi connectivity index (χ4n) is 3.20. The van der Waals surface area contributed by atoms with Crippen LogP contribution in [0.5, 0.6) is 0 Å². The van der Waals surface area contributed by atoms with Crippen molar-refractivity contribution in [3.05, 3.63) is 0 Å². The van der Waals surface area contributed by atoms with Crippen molar-refractivity contribution < 1.29 is 4.79 Å². The summed E-state index contributed by atoms with van der Waals surface area (Å²) < 4.78 is 0. The molecule has 3 nitrogen and oxygen atoms in total. The molecule has 1 heterocycles. The highest BCUT2D eigenvalue weighted by molar-refractivity contribution is 5.81. The highest BCUT2D eigenvalue weighted by atomic mass is 16.2. The van der Waals surface area contributed by atoms with Crippen LogP contribution in [0.2, 0.25) is 0 Å². The normalized spacial score (nSPS) is 35.2. The van der Waals surface area contributed by atoms with E-state index in [2.05, 4.69) is 19.2 Å². The maximum Gasteiger partial charge on any atom is 0.239 e. The van der Waals surface area contributed by atoms with Crippen LogP contribution in [0.3, 0.4) is 0 Å². The first-order valence-corrected chi connectivity index (χ1v) is 7.14. The summed E-state index contributed by atoms with van der Waals surface area (Å²) in [4.78, 5) is 14.2. The average Bonchev–Trinajstić information content (AvgIpc) is 2.93. The topological polar surface area (TPSA) is 32.3 Å². The summed E-state index contributed by atoms with van der Waals surface area (Å²) in [6.07, 6.45) is 4.87. The van der Waals surface area contributed by atoms with Crippen LogP contribution >= 0.6 is 0 Å². The zero-order valence-electron chi connectivity index (χ0n) is 11.4. The summed E-state index contributed by atoms with van der Waals surface area (Å²) in [5, 5.41) is 3.54. The maximum atomic E-state index is 12.2. The Labute approximate surface area is 105 Å². The predicted octanol–water partition coefficient (Wildman–Crippen LogP) is 2.02. The second-order valence-corrected chi connectivity index (χ2v) is 5.94. The van der Waals surface area contributed by atoms with Gasteiger partial charge in [-0.15, -0.1) is 0 Å². The molecular formula is C14H26N2O. The molecule has 1 saturated carbocycles. The van der Waals surface area contributed by atoms with Gasteiger partial charge in [0.25, 0.3) is 0 Å². The Morgan fingerprint density at radius 2 is 1.88 bits per heavy atom. The third kappa shape index (κ3) is 2.82. The van der Waals surface area contributed by atoms with Crippen molar-refractivity contribution in [2.75, 3.05) is 13.1 Å². The van der Waals surface area contributed by atoms with Crippen LogP contribution in [0, 0.1) is 11.8 Å². The van der Waals surface area contributed by atoms with Crippen LogP contribution in [-0.2, 0) is 4.79 Å². The van der Waals surface area contributed by atoms with Crippen LogP contribution in [0.15, 0.2) is 0 Å². The van der Waals surface area contributed by atoms with E-state index >= 15 is 0 Å². The van der Waals surface area contributed by atoms with E-state index in [-0.39, 0.29) is 6.04 Å². The van der Waals surface area contributed by atoms with Gasteiger partial charge in [-0.2, -0.15) is 0 Å². The Hall–Kier alpha value is -0.570. The Bertz CT molecular complexity index is 273. The number of rotatable bonds is 3. The van der Waals surface area contributed by atoms with Gasteiger partial charge < -0.3 is 10.2 Å². The lowest BCUT2D eigenvalue weighted by atomic mass is 9.97. The van der Waals surface area contributed by atoms with Gasteiger partial charge in [0.2, 0.25) is 5.91 Å². The van der Waals surface area contributed by atoms with Gasteiger partial charge in [-0.05, 0) is 44.4 Å². The first kappa shape index (κ1) is 12.9. The van der Waals surface area contributed by atoms with E-state index in [0.717, 1.165) is 19.0 Å². The second-order valence-electron chi connectivity index (χ2n) is 5.94.